The molecule has 1 aromatic rings. The average Bonchev–Trinajstić information content (AvgIpc) is 2.67. The lowest BCUT2D eigenvalue weighted by atomic mass is 9.74. The lowest BCUT2D eigenvalue weighted by molar-refractivity contribution is -0.116. The molecule has 1 atom stereocenters. The molecule has 0 saturated heterocycles. The van der Waals surface area contributed by atoms with Crippen molar-refractivity contribution in [3.63, 3.8) is 0 Å². The minimum atomic E-state index is -0.261. The van der Waals surface area contributed by atoms with E-state index in [0.717, 1.165) is 27.8 Å². The van der Waals surface area contributed by atoms with Gasteiger partial charge >= 0.3 is 0 Å². The van der Waals surface area contributed by atoms with Crippen LogP contribution in [0, 0.1) is 32.1 Å². The Morgan fingerprint density at radius 2 is 1.87 bits per heavy atom. The van der Waals surface area contributed by atoms with Gasteiger partial charge in [0.1, 0.15) is 12.4 Å². The fourth-order valence-corrected chi connectivity index (χ4v) is 4.63. The summed E-state index contributed by atoms with van der Waals surface area (Å²) in [5.74, 6) is -0.510. The van der Waals surface area contributed by atoms with E-state index in [2.05, 4.69) is 11.2 Å². The molecule has 0 heterocycles. The molecular weight excluding hydrogens is 380 g/mol. The quantitative estimate of drug-likeness (QED) is 0.390. The van der Waals surface area contributed by atoms with Crippen LogP contribution in [-0.4, -0.2) is 29.0 Å². The summed E-state index contributed by atoms with van der Waals surface area (Å²) in [6.45, 7) is 11.2. The number of Topliss-reactive ketones (excluding diaryl/α,β-unsaturated/α-hetero) is 2. The summed E-state index contributed by atoms with van der Waals surface area (Å²) in [7, 11) is 0. The van der Waals surface area contributed by atoms with E-state index in [1.807, 2.05) is 27.7 Å². The van der Waals surface area contributed by atoms with Crippen molar-refractivity contribution in [1.29, 1.82) is 5.26 Å². The van der Waals surface area contributed by atoms with Crippen molar-refractivity contribution in [2.45, 2.75) is 73.1 Å². The molecular formula is C24H30N2O4. The van der Waals surface area contributed by atoms with E-state index in [4.69, 9.17) is 4.84 Å². The average molecular weight is 411 g/mol. The van der Waals surface area contributed by atoms with Gasteiger partial charge in [-0.25, -0.2) is 0 Å². The third-order valence-corrected chi connectivity index (χ3v) is 5.85. The van der Waals surface area contributed by atoms with Crippen LogP contribution in [0.15, 0.2) is 16.5 Å². The Morgan fingerprint density at radius 1 is 1.20 bits per heavy atom. The van der Waals surface area contributed by atoms with Crippen LogP contribution < -0.4 is 0 Å². The summed E-state index contributed by atoms with van der Waals surface area (Å²) in [6, 6.07) is 2.18. The Bertz CT molecular complexity index is 980. The Kier molecular flexibility index (Phi) is 7.55. The summed E-state index contributed by atoms with van der Waals surface area (Å²) in [6.07, 6.45) is 1.15. The van der Waals surface area contributed by atoms with E-state index in [-0.39, 0.29) is 48.1 Å². The van der Waals surface area contributed by atoms with Crippen molar-refractivity contribution in [3.05, 3.63) is 44.7 Å². The summed E-state index contributed by atoms with van der Waals surface area (Å²) in [5.41, 5.74) is 5.58. The van der Waals surface area contributed by atoms with Crippen molar-refractivity contribution < 1.29 is 19.5 Å². The number of benzene rings is 1. The van der Waals surface area contributed by atoms with Gasteiger partial charge in [0.2, 0.25) is 0 Å². The Balaban J connectivity index is 2.63. The third kappa shape index (κ3) is 4.30. The molecule has 1 aromatic carbocycles. The van der Waals surface area contributed by atoms with Gasteiger partial charge in [-0.1, -0.05) is 12.1 Å². The Hall–Kier alpha value is -2.94. The molecule has 6 heteroatoms. The number of hydrogen-bond acceptors (Lipinski definition) is 6. The number of oxime groups is 1. The van der Waals surface area contributed by atoms with Gasteiger partial charge in [-0.2, -0.15) is 5.26 Å². The van der Waals surface area contributed by atoms with Crippen LogP contribution in [0.5, 0.6) is 0 Å². The zero-order valence-corrected chi connectivity index (χ0v) is 18.7. The predicted molar refractivity (Wildman–Crippen MR) is 116 cm³/mol. The highest BCUT2D eigenvalue weighted by Crippen LogP contribution is 2.40. The van der Waals surface area contributed by atoms with Gasteiger partial charge in [-0.15, -0.1) is 0 Å². The second kappa shape index (κ2) is 9.71. The molecule has 0 saturated carbocycles. The molecule has 6 nitrogen and oxygen atoms in total. The highest BCUT2D eigenvalue weighted by atomic mass is 16.6. The second-order valence-corrected chi connectivity index (χ2v) is 7.69. The molecule has 0 aromatic heterocycles. The number of carbonyl (C=O) groups excluding carboxylic acids is 2. The molecule has 1 N–H and O–H groups in total. The highest BCUT2D eigenvalue weighted by Gasteiger charge is 2.34. The maximum atomic E-state index is 13.0. The molecule has 160 valence electrons. The van der Waals surface area contributed by atoms with Crippen molar-refractivity contribution in [1.82, 2.24) is 0 Å². The molecule has 0 amide bonds. The number of nitrogens with zero attached hydrogens (tertiary/aromatic N) is 2. The zero-order chi connectivity index (χ0) is 22.6. The fourth-order valence-electron chi connectivity index (χ4n) is 4.63. The van der Waals surface area contributed by atoms with Crippen LogP contribution in [0.25, 0.3) is 0 Å². The van der Waals surface area contributed by atoms with Crippen LogP contribution in [0.2, 0.25) is 0 Å². The van der Waals surface area contributed by atoms with E-state index in [1.165, 1.54) is 6.92 Å². The van der Waals surface area contributed by atoms with Crippen LogP contribution >= 0.6 is 0 Å². The van der Waals surface area contributed by atoms with Gasteiger partial charge in [0.25, 0.3) is 0 Å². The van der Waals surface area contributed by atoms with Gasteiger partial charge < -0.3 is 9.94 Å². The predicted octanol–water partition coefficient (Wildman–Crippen LogP) is 4.94. The first-order valence-corrected chi connectivity index (χ1v) is 10.3. The summed E-state index contributed by atoms with van der Waals surface area (Å²) in [4.78, 5) is 30.5. The van der Waals surface area contributed by atoms with E-state index >= 15 is 0 Å². The van der Waals surface area contributed by atoms with Crippen LogP contribution in [0.4, 0.5) is 0 Å². The lowest BCUT2D eigenvalue weighted by Gasteiger charge is -2.29. The monoisotopic (exact) mass is 410 g/mol. The molecule has 1 aliphatic rings. The van der Waals surface area contributed by atoms with Crippen molar-refractivity contribution in [3.8, 4) is 6.07 Å². The molecule has 30 heavy (non-hydrogen) atoms. The first-order valence-electron chi connectivity index (χ1n) is 10.3. The minimum Gasteiger partial charge on any atom is -0.511 e. The largest absolute Gasteiger partial charge is 0.511 e. The summed E-state index contributed by atoms with van der Waals surface area (Å²) >= 11 is 0. The van der Waals surface area contributed by atoms with Gasteiger partial charge in [0.15, 0.2) is 11.6 Å². The minimum absolute atomic E-state index is 0.00198. The maximum Gasteiger partial charge on any atom is 0.168 e. The van der Waals surface area contributed by atoms with E-state index in [1.54, 1.807) is 6.92 Å². The molecule has 2 rings (SSSR count). The molecule has 1 unspecified atom stereocenters. The van der Waals surface area contributed by atoms with Crippen LogP contribution in [-0.2, 0) is 16.1 Å². The number of aliphatic hydroxyl groups is 1. The molecule has 0 aliphatic heterocycles. The van der Waals surface area contributed by atoms with Crippen molar-refractivity contribution in [2.24, 2.45) is 5.16 Å². The fraction of sp³-hybridized carbons (Fsp3) is 0.500. The number of rotatable bonds is 7. The smallest absolute Gasteiger partial charge is 0.168 e. The molecule has 0 bridgehead atoms. The van der Waals surface area contributed by atoms with E-state index in [9.17, 15) is 20.0 Å². The summed E-state index contributed by atoms with van der Waals surface area (Å²) in [5, 5.41) is 24.1. The topological polar surface area (TPSA) is 99.8 Å². The molecule has 0 radical (unpaired) electrons. The first kappa shape index (κ1) is 23.3. The van der Waals surface area contributed by atoms with Crippen molar-refractivity contribution in [2.75, 3.05) is 6.61 Å². The van der Waals surface area contributed by atoms with Crippen LogP contribution in [0.3, 0.4) is 0 Å². The van der Waals surface area contributed by atoms with Crippen LogP contribution in [0.1, 0.15) is 84.1 Å². The van der Waals surface area contributed by atoms with Gasteiger partial charge in [0, 0.05) is 18.4 Å². The maximum absolute atomic E-state index is 13.0. The molecule has 0 fully saturated rings. The lowest BCUT2D eigenvalue weighted by Crippen LogP contribution is -2.25. The zero-order valence-electron chi connectivity index (χ0n) is 18.7. The molecule has 1 aliphatic carbocycles. The Labute approximate surface area is 178 Å². The highest BCUT2D eigenvalue weighted by molar-refractivity contribution is 6.23. The normalized spacial score (nSPS) is 17.2. The number of carbonyl (C=O) groups is 2. The second-order valence-electron chi connectivity index (χ2n) is 7.69. The van der Waals surface area contributed by atoms with E-state index < -0.39 is 0 Å². The van der Waals surface area contributed by atoms with Gasteiger partial charge in [-0.05, 0) is 74.8 Å². The van der Waals surface area contributed by atoms with Gasteiger partial charge in [0.05, 0.1) is 23.8 Å². The Morgan fingerprint density at radius 3 is 2.37 bits per heavy atom. The number of allylic oxidation sites excluding steroid dienone is 2. The summed E-state index contributed by atoms with van der Waals surface area (Å²) < 4.78 is 0. The number of ketones is 2. The van der Waals surface area contributed by atoms with Gasteiger partial charge in [-0.3, -0.25) is 9.59 Å². The van der Waals surface area contributed by atoms with Crippen molar-refractivity contribution >= 4 is 17.3 Å². The van der Waals surface area contributed by atoms with E-state index in [0.29, 0.717) is 24.3 Å². The number of hydrogen-bond donors (Lipinski definition) is 1. The standard InChI is InChI=1S/C24H30N2O4/c1-7-19(26-30-8-2)24-20(28)11-17(12-21(24)29)23-14(4)18(9-10-25)13(3)22(15(23)5)16(6)27/h17,28H,7-9,11-12H2,1-6H3. The molecule has 0 spiro atoms. The number of nitriles is 1. The SMILES string of the molecule is CCON=C(CC)C1=C(O)CC(c2c(C)c(CC#N)c(C)c(C(C)=O)c2C)CC1=O. The number of aliphatic hydroxyl groups excluding tert-OH is 1. The first-order chi connectivity index (χ1) is 14.2. The third-order valence-electron chi connectivity index (χ3n) is 5.85.